The molecular weight excluding hydrogens is 340 g/mol. The molecule has 1 aromatic carbocycles. The highest BCUT2D eigenvalue weighted by Gasteiger charge is 2.34. The number of piperidine rings is 1. The number of amides is 1. The molecule has 2 N–H and O–H groups in total. The fraction of sp³-hybridized carbons (Fsp3) is 0.529. The number of aromatic nitrogens is 4. The first-order valence-corrected chi connectivity index (χ1v) is 8.60. The maximum Gasteiger partial charge on any atom is 0.244 e. The molecule has 0 spiro atoms. The van der Waals surface area contributed by atoms with Crippen molar-refractivity contribution in [1.82, 2.24) is 25.5 Å². The SMILES string of the molecule is CC1(C(=O)Nc2cccc(-c3nnnn3C3CC3)c2)CCCCN1.Cl. The number of nitrogens with zero attached hydrogens (tertiary/aromatic N) is 4. The first-order chi connectivity index (χ1) is 11.7. The van der Waals surface area contributed by atoms with Crippen LogP contribution in [-0.4, -0.2) is 38.2 Å². The molecule has 1 amide bonds. The van der Waals surface area contributed by atoms with Crippen LogP contribution in [0.1, 0.15) is 45.1 Å². The standard InChI is InChI=1S/C17H22N6O.ClH/c1-17(9-2-3-10-18-17)16(24)19-13-6-4-5-12(11-13)15-20-21-22-23(15)14-7-8-14;/h4-6,11,14,18H,2-3,7-10H2,1H3,(H,19,24);1H. The van der Waals surface area contributed by atoms with Gasteiger partial charge in [0.25, 0.3) is 0 Å². The van der Waals surface area contributed by atoms with Crippen LogP contribution in [0.25, 0.3) is 11.4 Å². The van der Waals surface area contributed by atoms with Gasteiger partial charge < -0.3 is 10.6 Å². The van der Waals surface area contributed by atoms with Crippen LogP contribution in [0, 0.1) is 0 Å². The lowest BCUT2D eigenvalue weighted by Gasteiger charge is -2.33. The molecule has 25 heavy (non-hydrogen) atoms. The smallest absolute Gasteiger partial charge is 0.244 e. The molecule has 8 heteroatoms. The van der Waals surface area contributed by atoms with Crippen molar-refractivity contribution in [2.45, 2.75) is 50.6 Å². The van der Waals surface area contributed by atoms with Crippen LogP contribution in [0.5, 0.6) is 0 Å². The number of tetrazole rings is 1. The molecule has 1 unspecified atom stereocenters. The highest BCUT2D eigenvalue weighted by molar-refractivity contribution is 5.98. The predicted molar refractivity (Wildman–Crippen MR) is 97.7 cm³/mol. The Morgan fingerprint density at radius 3 is 2.92 bits per heavy atom. The lowest BCUT2D eigenvalue weighted by atomic mass is 9.90. The molecule has 4 rings (SSSR count). The number of benzene rings is 1. The first kappa shape index (κ1) is 17.8. The number of anilines is 1. The van der Waals surface area contributed by atoms with E-state index in [9.17, 15) is 4.79 Å². The Balaban J connectivity index is 0.00000182. The molecule has 2 fully saturated rings. The van der Waals surface area contributed by atoms with E-state index in [0.29, 0.717) is 6.04 Å². The molecule has 0 radical (unpaired) electrons. The van der Waals surface area contributed by atoms with Gasteiger partial charge >= 0.3 is 0 Å². The largest absolute Gasteiger partial charge is 0.324 e. The van der Waals surface area contributed by atoms with Crippen LogP contribution in [-0.2, 0) is 4.79 Å². The van der Waals surface area contributed by atoms with E-state index in [4.69, 9.17) is 0 Å². The fourth-order valence-electron chi connectivity index (χ4n) is 3.20. The minimum atomic E-state index is -0.496. The molecule has 1 saturated carbocycles. The first-order valence-electron chi connectivity index (χ1n) is 8.60. The minimum Gasteiger partial charge on any atom is -0.324 e. The number of hydrogen-bond donors (Lipinski definition) is 2. The second-order valence-corrected chi connectivity index (χ2v) is 6.93. The summed E-state index contributed by atoms with van der Waals surface area (Å²) in [5, 5.41) is 18.4. The average Bonchev–Trinajstić information content (AvgIpc) is 3.32. The molecule has 1 aliphatic carbocycles. The van der Waals surface area contributed by atoms with Crippen molar-refractivity contribution in [2.24, 2.45) is 0 Å². The van der Waals surface area contributed by atoms with E-state index in [1.165, 1.54) is 0 Å². The molecule has 2 aliphatic rings. The molecule has 1 atom stereocenters. The quantitative estimate of drug-likeness (QED) is 0.873. The zero-order valence-corrected chi connectivity index (χ0v) is 15.1. The summed E-state index contributed by atoms with van der Waals surface area (Å²) in [6.07, 6.45) is 5.31. The van der Waals surface area contributed by atoms with Gasteiger partial charge in [0.05, 0.1) is 11.6 Å². The van der Waals surface area contributed by atoms with Gasteiger partial charge in [0.2, 0.25) is 5.91 Å². The molecule has 1 aromatic heterocycles. The molecule has 1 aliphatic heterocycles. The van der Waals surface area contributed by atoms with Crippen molar-refractivity contribution in [3.63, 3.8) is 0 Å². The Bertz CT molecular complexity index is 751. The summed E-state index contributed by atoms with van der Waals surface area (Å²) >= 11 is 0. The van der Waals surface area contributed by atoms with Gasteiger partial charge in [-0.2, -0.15) is 0 Å². The second kappa shape index (κ2) is 7.09. The third-order valence-corrected chi connectivity index (χ3v) is 4.88. The number of carbonyl (C=O) groups is 1. The summed E-state index contributed by atoms with van der Waals surface area (Å²) in [7, 11) is 0. The van der Waals surface area contributed by atoms with Gasteiger partial charge in [0.1, 0.15) is 0 Å². The van der Waals surface area contributed by atoms with Crippen LogP contribution in [0.4, 0.5) is 5.69 Å². The molecule has 134 valence electrons. The third kappa shape index (κ3) is 3.67. The van der Waals surface area contributed by atoms with E-state index >= 15 is 0 Å². The summed E-state index contributed by atoms with van der Waals surface area (Å²) in [5.41, 5.74) is 1.20. The van der Waals surface area contributed by atoms with Crippen molar-refractivity contribution in [3.8, 4) is 11.4 Å². The Morgan fingerprint density at radius 1 is 1.36 bits per heavy atom. The van der Waals surface area contributed by atoms with E-state index in [-0.39, 0.29) is 18.3 Å². The third-order valence-electron chi connectivity index (χ3n) is 4.88. The van der Waals surface area contributed by atoms with Crippen molar-refractivity contribution < 1.29 is 4.79 Å². The van der Waals surface area contributed by atoms with Gasteiger partial charge in [0, 0.05) is 11.3 Å². The normalized spacial score (nSPS) is 22.9. The Labute approximate surface area is 153 Å². The predicted octanol–water partition coefficient (Wildman–Crippen LogP) is 2.57. The van der Waals surface area contributed by atoms with Crippen LogP contribution >= 0.6 is 12.4 Å². The molecule has 0 bridgehead atoms. The Morgan fingerprint density at radius 2 is 2.20 bits per heavy atom. The maximum absolute atomic E-state index is 12.7. The summed E-state index contributed by atoms with van der Waals surface area (Å²) in [5.74, 6) is 0.775. The lowest BCUT2D eigenvalue weighted by Crippen LogP contribution is -2.54. The van der Waals surface area contributed by atoms with E-state index in [0.717, 1.165) is 55.7 Å². The van der Waals surface area contributed by atoms with Crippen LogP contribution in [0.2, 0.25) is 0 Å². The number of hydrogen-bond acceptors (Lipinski definition) is 5. The van der Waals surface area contributed by atoms with Gasteiger partial charge in [0.15, 0.2) is 5.82 Å². The molecular formula is C17H23ClN6O. The van der Waals surface area contributed by atoms with Gasteiger partial charge in [-0.1, -0.05) is 12.1 Å². The minimum absolute atomic E-state index is 0. The van der Waals surface area contributed by atoms with Crippen LogP contribution in [0.3, 0.4) is 0 Å². The topological polar surface area (TPSA) is 84.7 Å². The van der Waals surface area contributed by atoms with Gasteiger partial charge in [-0.05, 0) is 68.1 Å². The number of halogens is 1. The fourth-order valence-corrected chi connectivity index (χ4v) is 3.20. The van der Waals surface area contributed by atoms with Crippen molar-refractivity contribution in [1.29, 1.82) is 0 Å². The molecule has 7 nitrogen and oxygen atoms in total. The van der Waals surface area contributed by atoms with E-state index < -0.39 is 5.54 Å². The number of nitrogens with one attached hydrogen (secondary N) is 2. The summed E-state index contributed by atoms with van der Waals surface area (Å²) in [6, 6.07) is 8.15. The molecule has 2 heterocycles. The maximum atomic E-state index is 12.7. The van der Waals surface area contributed by atoms with Crippen LogP contribution in [0.15, 0.2) is 24.3 Å². The molecule has 2 aromatic rings. The molecule has 1 saturated heterocycles. The van der Waals surface area contributed by atoms with E-state index in [1.807, 2.05) is 35.9 Å². The van der Waals surface area contributed by atoms with Crippen LogP contribution < -0.4 is 10.6 Å². The van der Waals surface area contributed by atoms with Gasteiger partial charge in [-0.25, -0.2) is 4.68 Å². The van der Waals surface area contributed by atoms with E-state index in [2.05, 4.69) is 26.2 Å². The second-order valence-electron chi connectivity index (χ2n) is 6.93. The van der Waals surface area contributed by atoms with Crippen molar-refractivity contribution in [3.05, 3.63) is 24.3 Å². The summed E-state index contributed by atoms with van der Waals surface area (Å²) in [6.45, 7) is 2.86. The number of carbonyl (C=O) groups excluding carboxylic acids is 1. The number of rotatable bonds is 4. The highest BCUT2D eigenvalue weighted by atomic mass is 35.5. The monoisotopic (exact) mass is 362 g/mol. The van der Waals surface area contributed by atoms with Crippen molar-refractivity contribution >= 4 is 24.0 Å². The zero-order chi connectivity index (χ0) is 16.6. The van der Waals surface area contributed by atoms with Gasteiger partial charge in [-0.3, -0.25) is 4.79 Å². The van der Waals surface area contributed by atoms with E-state index in [1.54, 1.807) is 0 Å². The van der Waals surface area contributed by atoms with Crippen molar-refractivity contribution in [2.75, 3.05) is 11.9 Å². The average molecular weight is 363 g/mol. The van der Waals surface area contributed by atoms with Gasteiger partial charge in [-0.15, -0.1) is 17.5 Å². The lowest BCUT2D eigenvalue weighted by molar-refractivity contribution is -0.122. The summed E-state index contributed by atoms with van der Waals surface area (Å²) in [4.78, 5) is 12.7. The summed E-state index contributed by atoms with van der Waals surface area (Å²) < 4.78 is 1.88. The highest BCUT2D eigenvalue weighted by Crippen LogP contribution is 2.36. The zero-order valence-electron chi connectivity index (χ0n) is 14.2. The Hall–Kier alpha value is -1.99. The Kier molecular flexibility index (Phi) is 5.06.